The lowest BCUT2D eigenvalue weighted by molar-refractivity contribution is -0.137. The fourth-order valence-electron chi connectivity index (χ4n) is 4.78. The fraction of sp³-hybridized carbons (Fsp3) is 0.524. The van der Waals surface area contributed by atoms with Crippen molar-refractivity contribution in [1.82, 2.24) is 24.7 Å². The predicted octanol–water partition coefficient (Wildman–Crippen LogP) is 4.37. The van der Waals surface area contributed by atoms with E-state index in [0.29, 0.717) is 35.8 Å². The summed E-state index contributed by atoms with van der Waals surface area (Å²) < 4.78 is 65.5. The Labute approximate surface area is 186 Å². The SMILES string of the molecule is FC(F)Cn1ncc2ncc(NC3CCC4(CC3)CN(c3cncc(C(F)(F)F)c3)C4)nc21. The Morgan fingerprint density at radius 1 is 1.09 bits per heavy atom. The number of rotatable bonds is 5. The van der Waals surface area contributed by atoms with Gasteiger partial charge in [-0.3, -0.25) is 4.98 Å². The molecule has 12 heteroatoms. The number of hydrogen-bond donors (Lipinski definition) is 1. The summed E-state index contributed by atoms with van der Waals surface area (Å²) in [5.41, 5.74) is 0.638. The number of aromatic nitrogens is 5. The lowest BCUT2D eigenvalue weighted by atomic mass is 9.67. The Morgan fingerprint density at radius 3 is 2.55 bits per heavy atom. The minimum absolute atomic E-state index is 0.0952. The summed E-state index contributed by atoms with van der Waals surface area (Å²) in [5.74, 6) is 0.518. The fourth-order valence-corrected chi connectivity index (χ4v) is 4.78. The van der Waals surface area contributed by atoms with Crippen LogP contribution in [0.4, 0.5) is 33.5 Å². The molecule has 4 heterocycles. The number of nitrogens with one attached hydrogen (secondary N) is 1. The van der Waals surface area contributed by atoms with E-state index in [4.69, 9.17) is 0 Å². The van der Waals surface area contributed by atoms with Gasteiger partial charge in [-0.25, -0.2) is 23.4 Å². The molecule has 1 spiro atoms. The number of halogens is 5. The molecule has 1 N–H and O–H groups in total. The monoisotopic (exact) mass is 467 g/mol. The van der Waals surface area contributed by atoms with E-state index in [1.165, 1.54) is 12.4 Å². The van der Waals surface area contributed by atoms with E-state index in [0.717, 1.165) is 42.6 Å². The Bertz CT molecular complexity index is 1130. The molecule has 1 saturated heterocycles. The third kappa shape index (κ3) is 4.42. The van der Waals surface area contributed by atoms with Gasteiger partial charge in [-0.1, -0.05) is 0 Å². The zero-order chi connectivity index (χ0) is 23.2. The highest BCUT2D eigenvalue weighted by molar-refractivity contribution is 5.71. The summed E-state index contributed by atoms with van der Waals surface area (Å²) in [5, 5.41) is 7.27. The van der Waals surface area contributed by atoms with E-state index < -0.39 is 24.7 Å². The van der Waals surface area contributed by atoms with E-state index >= 15 is 0 Å². The Balaban J connectivity index is 1.18. The summed E-state index contributed by atoms with van der Waals surface area (Å²) in [7, 11) is 0. The van der Waals surface area contributed by atoms with Crippen LogP contribution in [-0.4, -0.2) is 50.3 Å². The van der Waals surface area contributed by atoms with Crippen LogP contribution in [-0.2, 0) is 12.7 Å². The second-order valence-corrected chi connectivity index (χ2v) is 8.89. The molecule has 3 aromatic heterocycles. The van der Waals surface area contributed by atoms with Crippen LogP contribution in [0.25, 0.3) is 11.2 Å². The first-order valence-corrected chi connectivity index (χ1v) is 10.7. The summed E-state index contributed by atoms with van der Waals surface area (Å²) in [6.07, 6.45) is 2.01. The minimum atomic E-state index is -4.40. The van der Waals surface area contributed by atoms with Gasteiger partial charge in [-0.2, -0.15) is 18.3 Å². The van der Waals surface area contributed by atoms with Crippen LogP contribution in [0.15, 0.2) is 30.9 Å². The summed E-state index contributed by atoms with van der Waals surface area (Å²) in [4.78, 5) is 14.4. The largest absolute Gasteiger partial charge is 0.417 e. The van der Waals surface area contributed by atoms with Crippen LogP contribution in [0.3, 0.4) is 0 Å². The molecule has 2 fully saturated rings. The van der Waals surface area contributed by atoms with Crippen molar-refractivity contribution in [3.05, 3.63) is 36.4 Å². The van der Waals surface area contributed by atoms with Crippen molar-refractivity contribution >= 4 is 22.7 Å². The third-order valence-electron chi connectivity index (χ3n) is 6.52. The van der Waals surface area contributed by atoms with Gasteiger partial charge in [0, 0.05) is 30.7 Å². The molecule has 1 saturated carbocycles. The highest BCUT2D eigenvalue weighted by Gasteiger charge is 2.45. The van der Waals surface area contributed by atoms with Crippen LogP contribution < -0.4 is 10.2 Å². The van der Waals surface area contributed by atoms with E-state index in [1.54, 1.807) is 6.20 Å². The normalized spacial score (nSPS) is 18.8. The molecule has 1 aliphatic heterocycles. The molecule has 176 valence electrons. The Kier molecular flexibility index (Phi) is 5.32. The van der Waals surface area contributed by atoms with E-state index in [9.17, 15) is 22.0 Å². The van der Waals surface area contributed by atoms with Gasteiger partial charge in [-0.15, -0.1) is 0 Å². The second-order valence-electron chi connectivity index (χ2n) is 8.89. The van der Waals surface area contributed by atoms with Crippen molar-refractivity contribution in [2.24, 2.45) is 5.41 Å². The van der Waals surface area contributed by atoms with Crippen molar-refractivity contribution in [3.63, 3.8) is 0 Å². The van der Waals surface area contributed by atoms with Crippen molar-refractivity contribution in [1.29, 1.82) is 0 Å². The molecule has 0 atom stereocenters. The Hall–Kier alpha value is -3.05. The molecule has 0 radical (unpaired) electrons. The van der Waals surface area contributed by atoms with Crippen LogP contribution in [0.2, 0.25) is 0 Å². The zero-order valence-electron chi connectivity index (χ0n) is 17.6. The summed E-state index contributed by atoms with van der Waals surface area (Å²) >= 11 is 0. The molecule has 0 aromatic carbocycles. The molecule has 1 aliphatic carbocycles. The number of hydrogen-bond acceptors (Lipinski definition) is 6. The lowest BCUT2D eigenvalue weighted by Gasteiger charge is -2.54. The molecule has 0 amide bonds. The van der Waals surface area contributed by atoms with Crippen molar-refractivity contribution in [2.75, 3.05) is 23.3 Å². The van der Waals surface area contributed by atoms with E-state index in [2.05, 4.69) is 25.4 Å². The molecule has 5 rings (SSSR count). The van der Waals surface area contributed by atoms with Crippen LogP contribution in [0.1, 0.15) is 31.2 Å². The van der Waals surface area contributed by atoms with Crippen LogP contribution in [0.5, 0.6) is 0 Å². The molecule has 3 aromatic rings. The number of pyridine rings is 1. The average molecular weight is 467 g/mol. The smallest absolute Gasteiger partial charge is 0.369 e. The van der Waals surface area contributed by atoms with Gasteiger partial charge in [0.25, 0.3) is 6.43 Å². The summed E-state index contributed by atoms with van der Waals surface area (Å²) in [6.45, 7) is 0.883. The van der Waals surface area contributed by atoms with Gasteiger partial charge in [-0.05, 0) is 31.7 Å². The molecule has 0 unspecified atom stereocenters. The number of fused-ring (bicyclic) bond motifs is 1. The highest BCUT2D eigenvalue weighted by Crippen LogP contribution is 2.46. The Morgan fingerprint density at radius 2 is 1.85 bits per heavy atom. The van der Waals surface area contributed by atoms with Crippen molar-refractivity contribution in [3.8, 4) is 0 Å². The standard InChI is InChI=1S/C21H22F5N7/c22-17(23)10-33-19-16(8-29-33)28-9-18(31-19)30-14-1-3-20(4-2-14)11-32(12-20)15-5-13(6-27-7-15)21(24,25)26/h5-9,14,17H,1-4,10-12H2,(H,30,31). The quantitative estimate of drug-likeness (QED) is 0.562. The van der Waals surface area contributed by atoms with Gasteiger partial charge >= 0.3 is 6.18 Å². The predicted molar refractivity (Wildman–Crippen MR) is 111 cm³/mol. The third-order valence-corrected chi connectivity index (χ3v) is 6.52. The van der Waals surface area contributed by atoms with Gasteiger partial charge in [0.2, 0.25) is 0 Å². The highest BCUT2D eigenvalue weighted by atomic mass is 19.4. The first-order valence-electron chi connectivity index (χ1n) is 10.7. The lowest BCUT2D eigenvalue weighted by Crippen LogP contribution is -2.58. The number of nitrogens with zero attached hydrogens (tertiary/aromatic N) is 6. The maximum atomic E-state index is 13.0. The molecule has 7 nitrogen and oxygen atoms in total. The van der Waals surface area contributed by atoms with Crippen LogP contribution in [0, 0.1) is 5.41 Å². The molecule has 33 heavy (non-hydrogen) atoms. The second kappa shape index (κ2) is 8.07. The van der Waals surface area contributed by atoms with Gasteiger partial charge in [0.1, 0.15) is 17.9 Å². The van der Waals surface area contributed by atoms with E-state index in [-0.39, 0.29) is 11.5 Å². The van der Waals surface area contributed by atoms with Gasteiger partial charge < -0.3 is 10.2 Å². The minimum Gasteiger partial charge on any atom is -0.369 e. The van der Waals surface area contributed by atoms with Gasteiger partial charge in [0.15, 0.2) is 5.65 Å². The maximum absolute atomic E-state index is 13.0. The van der Waals surface area contributed by atoms with Crippen molar-refractivity contribution in [2.45, 2.75) is 50.9 Å². The molecular formula is C21H22F5N7. The maximum Gasteiger partial charge on any atom is 0.417 e. The number of alkyl halides is 5. The topological polar surface area (TPSA) is 71.8 Å². The first kappa shape index (κ1) is 21.8. The van der Waals surface area contributed by atoms with Crippen molar-refractivity contribution < 1.29 is 22.0 Å². The molecular weight excluding hydrogens is 445 g/mol. The number of anilines is 2. The van der Waals surface area contributed by atoms with Crippen LogP contribution >= 0.6 is 0 Å². The zero-order valence-corrected chi connectivity index (χ0v) is 17.6. The molecule has 2 aliphatic rings. The molecule has 0 bridgehead atoms. The average Bonchev–Trinajstić information content (AvgIpc) is 3.14. The summed E-state index contributed by atoms with van der Waals surface area (Å²) in [6, 6.07) is 1.32. The van der Waals surface area contributed by atoms with E-state index in [1.807, 2.05) is 4.90 Å². The first-order chi connectivity index (χ1) is 15.7. The van der Waals surface area contributed by atoms with Gasteiger partial charge in [0.05, 0.1) is 29.8 Å².